The number of nitrogens with zero attached hydrogens (tertiary/aromatic N) is 5. The van der Waals surface area contributed by atoms with E-state index in [-0.39, 0.29) is 17.3 Å². The first-order chi connectivity index (χ1) is 17.9. The zero-order valence-corrected chi connectivity index (χ0v) is 21.4. The Balaban J connectivity index is 1.39. The molecular weight excluding hydrogens is 493 g/mol. The second-order valence-corrected chi connectivity index (χ2v) is 9.25. The molecule has 0 unspecified atom stereocenters. The van der Waals surface area contributed by atoms with Crippen LogP contribution in [0.15, 0.2) is 66.2 Å². The molecule has 9 nitrogen and oxygen atoms in total. The lowest BCUT2D eigenvalue weighted by Crippen LogP contribution is -2.21. The van der Waals surface area contributed by atoms with E-state index in [2.05, 4.69) is 37.5 Å². The summed E-state index contributed by atoms with van der Waals surface area (Å²) < 4.78 is 15.8. The zero-order valence-electron chi connectivity index (χ0n) is 20.6. The average Bonchev–Trinajstić information content (AvgIpc) is 3.58. The van der Waals surface area contributed by atoms with E-state index in [4.69, 9.17) is 0 Å². The van der Waals surface area contributed by atoms with Gasteiger partial charge in [-0.25, -0.2) is 14.1 Å². The maximum Gasteiger partial charge on any atom is 0.265 e. The lowest BCUT2D eigenvalue weighted by Gasteiger charge is -2.18. The van der Waals surface area contributed by atoms with E-state index < -0.39 is 11.7 Å². The summed E-state index contributed by atoms with van der Waals surface area (Å²) in [7, 11) is 1.74. The van der Waals surface area contributed by atoms with Gasteiger partial charge in [0.2, 0.25) is 0 Å². The van der Waals surface area contributed by atoms with Gasteiger partial charge in [0.15, 0.2) is 5.82 Å². The third-order valence-corrected chi connectivity index (χ3v) is 6.62. The Labute approximate surface area is 217 Å². The number of nitrogens with one attached hydrogen (secondary N) is 2. The number of aryl methyl sites for hydroxylation is 1. The number of anilines is 2. The topological polar surface area (TPSA) is 105 Å². The van der Waals surface area contributed by atoms with Crippen LogP contribution in [-0.4, -0.2) is 51.4 Å². The molecule has 0 saturated carbocycles. The first-order valence-electron chi connectivity index (χ1n) is 11.5. The van der Waals surface area contributed by atoms with Gasteiger partial charge in [0, 0.05) is 31.5 Å². The molecule has 0 radical (unpaired) electrons. The summed E-state index contributed by atoms with van der Waals surface area (Å²) in [6, 6.07) is 13.3. The van der Waals surface area contributed by atoms with Crippen LogP contribution in [0.2, 0.25) is 0 Å². The van der Waals surface area contributed by atoms with Crippen molar-refractivity contribution in [1.29, 1.82) is 0 Å². The summed E-state index contributed by atoms with van der Waals surface area (Å²) >= 11 is 1.06. The third kappa shape index (κ3) is 6.25. The molecule has 0 atom stereocenters. The Bertz CT molecular complexity index is 1430. The van der Waals surface area contributed by atoms with Gasteiger partial charge in [-0.15, -0.1) is 11.3 Å². The van der Waals surface area contributed by atoms with E-state index in [0.29, 0.717) is 15.4 Å². The molecule has 190 valence electrons. The SMILES string of the molecule is CCN(C=NC)Cc1ccc(NC(=O)c2ccc(C(=O)Nc3ccc(-n4cncn4)c(F)c3)s2)c(C)c1. The van der Waals surface area contributed by atoms with Gasteiger partial charge in [0.05, 0.1) is 16.1 Å². The van der Waals surface area contributed by atoms with Gasteiger partial charge < -0.3 is 15.5 Å². The number of halogens is 1. The zero-order chi connectivity index (χ0) is 26.4. The summed E-state index contributed by atoms with van der Waals surface area (Å²) in [5.41, 5.74) is 3.24. The number of thiophene rings is 1. The highest BCUT2D eigenvalue weighted by molar-refractivity contribution is 7.16. The van der Waals surface area contributed by atoms with Crippen molar-refractivity contribution in [2.24, 2.45) is 4.99 Å². The molecular formula is C26H26FN7O2S. The number of rotatable bonds is 9. The van der Waals surface area contributed by atoms with Crippen LogP contribution in [0.3, 0.4) is 0 Å². The standard InChI is InChI=1S/C26H26FN7O2S/c1-4-33(15-28-3)13-18-5-7-21(17(2)11-18)32-26(36)24-10-9-23(37-24)25(35)31-19-6-8-22(20(27)12-19)34-16-29-14-30-34/h5-12,14-16H,4,13H2,1-3H3,(H,31,35)(H,32,36). The highest BCUT2D eigenvalue weighted by Crippen LogP contribution is 2.23. The number of amides is 2. The molecule has 2 aromatic heterocycles. The van der Waals surface area contributed by atoms with Crippen molar-refractivity contribution in [3.05, 3.63) is 87.9 Å². The molecule has 2 heterocycles. The Hall–Kier alpha value is -4.38. The molecule has 4 aromatic rings. The molecule has 0 bridgehead atoms. The highest BCUT2D eigenvalue weighted by atomic mass is 32.1. The van der Waals surface area contributed by atoms with Gasteiger partial charge >= 0.3 is 0 Å². The van der Waals surface area contributed by atoms with Gasteiger partial charge in [-0.05, 0) is 61.4 Å². The van der Waals surface area contributed by atoms with Crippen LogP contribution < -0.4 is 10.6 Å². The van der Waals surface area contributed by atoms with E-state index in [1.54, 1.807) is 31.6 Å². The van der Waals surface area contributed by atoms with E-state index in [0.717, 1.165) is 35.6 Å². The number of aliphatic imine (C=N–C) groups is 1. The van der Waals surface area contributed by atoms with Crippen LogP contribution in [0.4, 0.5) is 15.8 Å². The van der Waals surface area contributed by atoms with Crippen LogP contribution in [-0.2, 0) is 6.54 Å². The summed E-state index contributed by atoms with van der Waals surface area (Å²) in [5, 5.41) is 9.47. The monoisotopic (exact) mass is 519 g/mol. The van der Waals surface area contributed by atoms with Gasteiger partial charge in [0.25, 0.3) is 11.8 Å². The molecule has 0 aliphatic carbocycles. The van der Waals surface area contributed by atoms with Crippen molar-refractivity contribution in [2.75, 3.05) is 24.2 Å². The Morgan fingerprint density at radius 1 is 1.11 bits per heavy atom. The fourth-order valence-corrected chi connectivity index (χ4v) is 4.45. The summed E-state index contributed by atoms with van der Waals surface area (Å²) in [5.74, 6) is -1.30. The number of benzene rings is 2. The van der Waals surface area contributed by atoms with Crippen molar-refractivity contribution in [3.8, 4) is 5.69 Å². The summed E-state index contributed by atoms with van der Waals surface area (Å²) in [4.78, 5) is 36.2. The molecule has 11 heteroatoms. The smallest absolute Gasteiger partial charge is 0.265 e. The highest BCUT2D eigenvalue weighted by Gasteiger charge is 2.16. The molecule has 37 heavy (non-hydrogen) atoms. The largest absolute Gasteiger partial charge is 0.359 e. The van der Waals surface area contributed by atoms with Gasteiger partial charge in [0.1, 0.15) is 18.3 Å². The Morgan fingerprint density at radius 3 is 2.49 bits per heavy atom. The Morgan fingerprint density at radius 2 is 1.86 bits per heavy atom. The molecule has 0 spiro atoms. The van der Waals surface area contributed by atoms with E-state index in [9.17, 15) is 14.0 Å². The number of hydrogen-bond donors (Lipinski definition) is 2. The molecule has 0 aliphatic rings. The molecule has 0 saturated heterocycles. The maximum absolute atomic E-state index is 14.5. The van der Waals surface area contributed by atoms with Crippen LogP contribution >= 0.6 is 11.3 Å². The number of carbonyl (C=O) groups excluding carboxylic acids is 2. The minimum absolute atomic E-state index is 0.214. The maximum atomic E-state index is 14.5. The first-order valence-corrected chi connectivity index (χ1v) is 12.3. The predicted molar refractivity (Wildman–Crippen MR) is 143 cm³/mol. The molecule has 0 aliphatic heterocycles. The summed E-state index contributed by atoms with van der Waals surface area (Å²) in [6.45, 7) is 5.56. The lowest BCUT2D eigenvalue weighted by atomic mass is 10.1. The van der Waals surface area contributed by atoms with E-state index >= 15 is 0 Å². The van der Waals surface area contributed by atoms with Crippen molar-refractivity contribution in [2.45, 2.75) is 20.4 Å². The van der Waals surface area contributed by atoms with Crippen LogP contribution in [0.5, 0.6) is 0 Å². The van der Waals surface area contributed by atoms with Crippen LogP contribution in [0, 0.1) is 12.7 Å². The van der Waals surface area contributed by atoms with E-state index in [1.165, 1.54) is 29.5 Å². The molecule has 0 fully saturated rings. The normalized spacial score (nSPS) is 11.0. The van der Waals surface area contributed by atoms with E-state index in [1.807, 2.05) is 25.1 Å². The van der Waals surface area contributed by atoms with Crippen molar-refractivity contribution < 1.29 is 14.0 Å². The minimum atomic E-state index is -0.558. The van der Waals surface area contributed by atoms with Crippen molar-refractivity contribution in [1.82, 2.24) is 19.7 Å². The minimum Gasteiger partial charge on any atom is -0.359 e. The molecule has 2 N–H and O–H groups in total. The van der Waals surface area contributed by atoms with Crippen LogP contribution in [0.1, 0.15) is 37.4 Å². The number of carbonyl (C=O) groups is 2. The lowest BCUT2D eigenvalue weighted by molar-refractivity contribution is 0.102. The predicted octanol–water partition coefficient (Wildman–Crippen LogP) is 4.76. The summed E-state index contributed by atoms with van der Waals surface area (Å²) in [6.07, 6.45) is 4.49. The van der Waals surface area contributed by atoms with Crippen molar-refractivity contribution in [3.63, 3.8) is 0 Å². The average molecular weight is 520 g/mol. The van der Waals surface area contributed by atoms with Gasteiger partial charge in [-0.3, -0.25) is 14.6 Å². The second kappa shape index (κ2) is 11.6. The van der Waals surface area contributed by atoms with Crippen LogP contribution in [0.25, 0.3) is 5.69 Å². The third-order valence-electron chi connectivity index (χ3n) is 5.53. The first kappa shape index (κ1) is 25.7. The number of aromatic nitrogens is 3. The number of hydrogen-bond acceptors (Lipinski definition) is 6. The van der Waals surface area contributed by atoms with Gasteiger partial charge in [-0.1, -0.05) is 12.1 Å². The fourth-order valence-electron chi connectivity index (χ4n) is 3.66. The van der Waals surface area contributed by atoms with Gasteiger partial charge in [-0.2, -0.15) is 5.10 Å². The quantitative estimate of drug-likeness (QED) is 0.245. The second-order valence-electron chi connectivity index (χ2n) is 8.16. The Kier molecular flexibility index (Phi) is 8.04. The molecule has 4 rings (SSSR count). The fraction of sp³-hybridized carbons (Fsp3) is 0.192. The van der Waals surface area contributed by atoms with Crippen molar-refractivity contribution >= 4 is 40.9 Å². The molecule has 2 aromatic carbocycles. The molecule has 2 amide bonds.